The molecule has 30 heavy (non-hydrogen) atoms. The van der Waals surface area contributed by atoms with E-state index in [0.29, 0.717) is 11.5 Å². The summed E-state index contributed by atoms with van der Waals surface area (Å²) in [6.45, 7) is 1.99. The summed E-state index contributed by atoms with van der Waals surface area (Å²) in [5.74, 6) is 1.11. The lowest BCUT2D eigenvalue weighted by Gasteiger charge is -2.10. The van der Waals surface area contributed by atoms with E-state index in [1.54, 1.807) is 20.3 Å². The smallest absolute Gasteiger partial charge is 0.248 e. The highest BCUT2D eigenvalue weighted by molar-refractivity contribution is 6.02. The summed E-state index contributed by atoms with van der Waals surface area (Å²) in [5.41, 5.74) is 5.23. The van der Waals surface area contributed by atoms with Gasteiger partial charge in [0.15, 0.2) is 11.5 Å². The first-order valence-corrected chi connectivity index (χ1v) is 9.93. The van der Waals surface area contributed by atoms with Gasteiger partial charge in [-0.15, -0.1) is 0 Å². The minimum Gasteiger partial charge on any atom is -0.493 e. The quantitative estimate of drug-likeness (QED) is 0.511. The van der Waals surface area contributed by atoms with Crippen LogP contribution in [0.5, 0.6) is 11.5 Å². The van der Waals surface area contributed by atoms with Gasteiger partial charge < -0.3 is 14.8 Å². The predicted octanol–water partition coefficient (Wildman–Crippen LogP) is 5.45. The van der Waals surface area contributed by atoms with Crippen molar-refractivity contribution in [3.05, 3.63) is 95.1 Å². The second-order valence-electron chi connectivity index (χ2n) is 7.07. The Hall–Kier alpha value is -3.53. The second kappa shape index (κ2) is 10.3. The number of anilines is 1. The molecule has 0 radical (unpaired) electrons. The highest BCUT2D eigenvalue weighted by atomic mass is 16.5. The van der Waals surface area contributed by atoms with Crippen molar-refractivity contribution < 1.29 is 14.3 Å². The van der Waals surface area contributed by atoms with Gasteiger partial charge in [0.1, 0.15) is 0 Å². The van der Waals surface area contributed by atoms with Gasteiger partial charge in [0.25, 0.3) is 0 Å². The molecular formula is C26H27NO3. The van der Waals surface area contributed by atoms with Gasteiger partial charge in [0.05, 0.1) is 14.2 Å². The van der Waals surface area contributed by atoms with Gasteiger partial charge in [0.2, 0.25) is 5.91 Å². The van der Waals surface area contributed by atoms with Crippen LogP contribution in [0.3, 0.4) is 0 Å². The summed E-state index contributed by atoms with van der Waals surface area (Å²) in [6, 6.07) is 22.2. The van der Waals surface area contributed by atoms with Crippen molar-refractivity contribution in [1.82, 2.24) is 0 Å². The fourth-order valence-electron chi connectivity index (χ4n) is 3.20. The number of carbonyl (C=O) groups excluding carboxylic acids is 1. The first kappa shape index (κ1) is 21.2. The Bertz CT molecular complexity index is 1030. The maximum absolute atomic E-state index is 12.5. The first-order chi connectivity index (χ1) is 14.6. The molecule has 0 atom stereocenters. The minimum atomic E-state index is -0.173. The number of benzene rings is 3. The van der Waals surface area contributed by atoms with Crippen molar-refractivity contribution in [3.63, 3.8) is 0 Å². The van der Waals surface area contributed by atoms with Crippen LogP contribution in [-0.2, 0) is 17.6 Å². The van der Waals surface area contributed by atoms with Crippen molar-refractivity contribution in [2.24, 2.45) is 0 Å². The summed E-state index contributed by atoms with van der Waals surface area (Å²) >= 11 is 0. The number of hydrogen-bond acceptors (Lipinski definition) is 3. The van der Waals surface area contributed by atoms with E-state index in [1.165, 1.54) is 17.2 Å². The molecule has 4 heteroatoms. The van der Waals surface area contributed by atoms with E-state index in [1.807, 2.05) is 37.3 Å². The van der Waals surface area contributed by atoms with Crippen LogP contribution >= 0.6 is 0 Å². The van der Waals surface area contributed by atoms with Gasteiger partial charge in [-0.3, -0.25) is 4.79 Å². The number of ether oxygens (including phenoxy) is 2. The molecule has 0 heterocycles. The number of rotatable bonds is 8. The molecule has 0 fully saturated rings. The molecule has 1 N–H and O–H groups in total. The van der Waals surface area contributed by atoms with Gasteiger partial charge >= 0.3 is 0 Å². The fourth-order valence-corrected chi connectivity index (χ4v) is 3.20. The number of nitrogens with one attached hydrogen (secondary N) is 1. The minimum absolute atomic E-state index is 0.173. The molecule has 0 bridgehead atoms. The van der Waals surface area contributed by atoms with E-state index >= 15 is 0 Å². The van der Waals surface area contributed by atoms with Gasteiger partial charge in [-0.2, -0.15) is 0 Å². The molecule has 0 saturated heterocycles. The van der Waals surface area contributed by atoms with Crippen molar-refractivity contribution in [2.45, 2.75) is 19.8 Å². The molecule has 0 saturated carbocycles. The third-order valence-electron chi connectivity index (χ3n) is 4.94. The standard InChI is InChI=1S/C26H27NO3/c1-19-9-10-21(12-11-20-7-5-4-6-8-20)17-23(19)27-26(28)16-14-22-13-15-24(29-2)25(18-22)30-3/h4-10,13-18H,11-12H2,1-3H3,(H,27,28)/b16-14+. The van der Waals surface area contributed by atoms with Crippen LogP contribution in [0.25, 0.3) is 6.08 Å². The predicted molar refractivity (Wildman–Crippen MR) is 122 cm³/mol. The zero-order chi connectivity index (χ0) is 21.3. The molecule has 3 rings (SSSR count). The largest absolute Gasteiger partial charge is 0.493 e. The maximum atomic E-state index is 12.5. The summed E-state index contributed by atoms with van der Waals surface area (Å²) in [7, 11) is 3.18. The van der Waals surface area contributed by atoms with Crippen LogP contribution in [0, 0.1) is 6.92 Å². The first-order valence-electron chi connectivity index (χ1n) is 9.93. The number of amides is 1. The van der Waals surface area contributed by atoms with Crippen molar-refractivity contribution in [2.75, 3.05) is 19.5 Å². The zero-order valence-electron chi connectivity index (χ0n) is 17.6. The van der Waals surface area contributed by atoms with Gasteiger partial charge in [-0.1, -0.05) is 48.5 Å². The average Bonchev–Trinajstić information content (AvgIpc) is 2.78. The van der Waals surface area contributed by atoms with Crippen molar-refractivity contribution in [1.29, 1.82) is 0 Å². The van der Waals surface area contributed by atoms with Crippen molar-refractivity contribution in [3.8, 4) is 11.5 Å². The average molecular weight is 402 g/mol. The normalized spacial score (nSPS) is 10.8. The molecule has 0 aliphatic rings. The molecule has 1 amide bonds. The monoisotopic (exact) mass is 401 g/mol. The molecule has 0 aromatic heterocycles. The van der Waals surface area contributed by atoms with Crippen LogP contribution in [-0.4, -0.2) is 20.1 Å². The van der Waals surface area contributed by atoms with E-state index in [-0.39, 0.29) is 5.91 Å². The van der Waals surface area contributed by atoms with Crippen LogP contribution in [0.2, 0.25) is 0 Å². The Balaban J connectivity index is 1.65. The van der Waals surface area contributed by atoms with Crippen LogP contribution in [0.4, 0.5) is 5.69 Å². The molecule has 4 nitrogen and oxygen atoms in total. The maximum Gasteiger partial charge on any atom is 0.248 e. The van der Waals surface area contributed by atoms with Crippen LogP contribution in [0.1, 0.15) is 22.3 Å². The third kappa shape index (κ3) is 5.74. The van der Waals surface area contributed by atoms with Crippen LogP contribution < -0.4 is 14.8 Å². The van der Waals surface area contributed by atoms with Crippen LogP contribution in [0.15, 0.2) is 72.8 Å². The molecule has 0 aliphatic heterocycles. The Kier molecular flexibility index (Phi) is 7.28. The zero-order valence-corrected chi connectivity index (χ0v) is 17.6. The molecule has 0 aliphatic carbocycles. The lowest BCUT2D eigenvalue weighted by Crippen LogP contribution is -2.09. The Morgan fingerprint density at radius 2 is 1.60 bits per heavy atom. The Labute approximate surface area is 178 Å². The van der Waals surface area contributed by atoms with E-state index in [2.05, 4.69) is 41.7 Å². The SMILES string of the molecule is COc1ccc(/C=C/C(=O)Nc2cc(CCc3ccccc3)ccc2C)cc1OC. The lowest BCUT2D eigenvalue weighted by molar-refractivity contribution is -0.111. The highest BCUT2D eigenvalue weighted by Crippen LogP contribution is 2.28. The highest BCUT2D eigenvalue weighted by Gasteiger charge is 2.06. The summed E-state index contributed by atoms with van der Waals surface area (Å²) in [5, 5.41) is 2.99. The summed E-state index contributed by atoms with van der Waals surface area (Å²) < 4.78 is 10.5. The molecule has 3 aromatic rings. The van der Waals surface area contributed by atoms with Gasteiger partial charge in [-0.05, 0) is 66.3 Å². The van der Waals surface area contributed by atoms with Crippen molar-refractivity contribution >= 4 is 17.7 Å². The number of hydrogen-bond donors (Lipinski definition) is 1. The molecule has 0 unspecified atom stereocenters. The molecule has 154 valence electrons. The lowest BCUT2D eigenvalue weighted by atomic mass is 10.0. The van der Waals surface area contributed by atoms with E-state index in [4.69, 9.17) is 9.47 Å². The Morgan fingerprint density at radius 3 is 2.33 bits per heavy atom. The molecular weight excluding hydrogens is 374 g/mol. The number of aryl methyl sites for hydroxylation is 3. The van der Waals surface area contributed by atoms with Gasteiger partial charge in [0, 0.05) is 11.8 Å². The molecule has 0 spiro atoms. The fraction of sp³-hybridized carbons (Fsp3) is 0.192. The van der Waals surface area contributed by atoms with E-state index < -0.39 is 0 Å². The van der Waals surface area contributed by atoms with E-state index in [9.17, 15) is 4.79 Å². The Morgan fingerprint density at radius 1 is 0.867 bits per heavy atom. The third-order valence-corrected chi connectivity index (χ3v) is 4.94. The van der Waals surface area contributed by atoms with E-state index in [0.717, 1.165) is 29.7 Å². The molecule has 3 aromatic carbocycles. The summed E-state index contributed by atoms with van der Waals surface area (Å²) in [4.78, 5) is 12.5. The number of carbonyl (C=O) groups is 1. The topological polar surface area (TPSA) is 47.6 Å². The van der Waals surface area contributed by atoms with Gasteiger partial charge in [-0.25, -0.2) is 0 Å². The second-order valence-corrected chi connectivity index (χ2v) is 7.07. The summed E-state index contributed by atoms with van der Waals surface area (Å²) in [6.07, 6.45) is 5.17. The number of methoxy groups -OCH3 is 2.